The molecule has 0 bridgehead atoms. The van der Waals surface area contributed by atoms with E-state index < -0.39 is 0 Å². The van der Waals surface area contributed by atoms with Crippen LogP contribution in [0.15, 0.2) is 30.8 Å². The summed E-state index contributed by atoms with van der Waals surface area (Å²) >= 11 is 0. The van der Waals surface area contributed by atoms with Gasteiger partial charge in [0.25, 0.3) is 0 Å². The van der Waals surface area contributed by atoms with E-state index in [0.29, 0.717) is 0 Å². The van der Waals surface area contributed by atoms with E-state index in [0.717, 1.165) is 11.1 Å². The Labute approximate surface area is 89.6 Å². The van der Waals surface area contributed by atoms with Crippen LogP contribution in [-0.2, 0) is 9.53 Å². The number of cyclic esters (lactones) is 1. The predicted octanol–water partition coefficient (Wildman–Crippen LogP) is 2.75. The lowest BCUT2D eigenvalue weighted by atomic mass is 9.80. The van der Waals surface area contributed by atoms with Gasteiger partial charge in [-0.15, -0.1) is 0 Å². The molecule has 0 amide bonds. The highest BCUT2D eigenvalue weighted by Crippen LogP contribution is 2.41. The first kappa shape index (κ1) is 9.97. The Kier molecular flexibility index (Phi) is 2.14. The van der Waals surface area contributed by atoms with Crippen molar-refractivity contribution in [2.75, 3.05) is 0 Å². The van der Waals surface area contributed by atoms with Crippen LogP contribution in [0.25, 0.3) is 6.08 Å². The molecule has 2 heteroatoms. The number of rotatable bonds is 2. The van der Waals surface area contributed by atoms with Crippen molar-refractivity contribution >= 4 is 12.0 Å². The Morgan fingerprint density at radius 3 is 2.33 bits per heavy atom. The van der Waals surface area contributed by atoms with Gasteiger partial charge in [-0.2, -0.15) is 0 Å². The third kappa shape index (κ3) is 1.56. The lowest BCUT2D eigenvalue weighted by Crippen LogP contribution is -2.51. The lowest BCUT2D eigenvalue weighted by molar-refractivity contribution is -0.191. The molecule has 0 radical (unpaired) electrons. The van der Waals surface area contributed by atoms with Crippen LogP contribution in [0.5, 0.6) is 0 Å². The normalized spacial score (nSPS) is 22.8. The van der Waals surface area contributed by atoms with Gasteiger partial charge >= 0.3 is 5.97 Å². The van der Waals surface area contributed by atoms with E-state index >= 15 is 0 Å². The molecule has 1 unspecified atom stereocenters. The van der Waals surface area contributed by atoms with Crippen LogP contribution in [0.3, 0.4) is 0 Å². The molecule has 1 heterocycles. The molecule has 0 N–H and O–H groups in total. The molecule has 1 aliphatic rings. The van der Waals surface area contributed by atoms with Crippen LogP contribution in [0.2, 0.25) is 0 Å². The largest absolute Gasteiger partial charge is 0.458 e. The SMILES string of the molecule is C=Cc1ccc(C2C(=O)OC2(C)C)cc1. The van der Waals surface area contributed by atoms with Crippen LogP contribution >= 0.6 is 0 Å². The van der Waals surface area contributed by atoms with Crippen molar-refractivity contribution in [1.82, 2.24) is 0 Å². The van der Waals surface area contributed by atoms with Crippen molar-refractivity contribution < 1.29 is 9.53 Å². The third-order valence-electron chi connectivity index (χ3n) is 2.80. The second-order valence-corrected chi connectivity index (χ2v) is 4.33. The number of hydrogen-bond donors (Lipinski definition) is 0. The summed E-state index contributed by atoms with van der Waals surface area (Å²) in [5.74, 6) is -0.261. The molecule has 1 aromatic rings. The fourth-order valence-corrected chi connectivity index (χ4v) is 1.96. The first-order chi connectivity index (χ1) is 7.04. The second-order valence-electron chi connectivity index (χ2n) is 4.33. The quantitative estimate of drug-likeness (QED) is 0.689. The Morgan fingerprint density at radius 2 is 1.93 bits per heavy atom. The van der Waals surface area contributed by atoms with Gasteiger partial charge in [0.15, 0.2) is 0 Å². The van der Waals surface area contributed by atoms with E-state index in [1.165, 1.54) is 0 Å². The Hall–Kier alpha value is -1.57. The van der Waals surface area contributed by atoms with Gasteiger partial charge < -0.3 is 4.74 Å². The minimum absolute atomic E-state index is 0.128. The summed E-state index contributed by atoms with van der Waals surface area (Å²) in [6, 6.07) is 7.85. The maximum absolute atomic E-state index is 11.4. The topological polar surface area (TPSA) is 26.3 Å². The van der Waals surface area contributed by atoms with Crippen molar-refractivity contribution in [1.29, 1.82) is 0 Å². The molecule has 1 fully saturated rings. The van der Waals surface area contributed by atoms with Crippen LogP contribution in [0.1, 0.15) is 30.9 Å². The zero-order valence-electron chi connectivity index (χ0n) is 8.99. The van der Waals surface area contributed by atoms with Crippen molar-refractivity contribution in [3.8, 4) is 0 Å². The van der Waals surface area contributed by atoms with E-state index in [1.54, 1.807) is 6.08 Å². The molecule has 78 valence electrons. The van der Waals surface area contributed by atoms with E-state index in [9.17, 15) is 4.79 Å². The molecule has 15 heavy (non-hydrogen) atoms. The zero-order valence-corrected chi connectivity index (χ0v) is 8.99. The second kappa shape index (κ2) is 3.23. The number of esters is 1. The Balaban J connectivity index is 2.30. The summed E-state index contributed by atoms with van der Waals surface area (Å²) in [5.41, 5.74) is 1.71. The first-order valence-electron chi connectivity index (χ1n) is 5.00. The summed E-state index contributed by atoms with van der Waals surface area (Å²) in [6.07, 6.45) is 1.79. The van der Waals surface area contributed by atoms with Gasteiger partial charge in [-0.1, -0.05) is 36.9 Å². The van der Waals surface area contributed by atoms with Gasteiger partial charge in [0, 0.05) is 0 Å². The van der Waals surface area contributed by atoms with E-state index in [4.69, 9.17) is 4.74 Å². The molecule has 1 aliphatic heterocycles. The molecular weight excluding hydrogens is 188 g/mol. The summed E-state index contributed by atoms with van der Waals surface area (Å²) in [7, 11) is 0. The zero-order chi connectivity index (χ0) is 11.1. The van der Waals surface area contributed by atoms with Gasteiger partial charge in [-0.3, -0.25) is 4.79 Å². The van der Waals surface area contributed by atoms with E-state index in [1.807, 2.05) is 38.1 Å². The van der Waals surface area contributed by atoms with Crippen molar-refractivity contribution in [3.63, 3.8) is 0 Å². The van der Waals surface area contributed by atoms with Crippen molar-refractivity contribution in [2.24, 2.45) is 0 Å². The van der Waals surface area contributed by atoms with Crippen LogP contribution in [-0.4, -0.2) is 11.6 Å². The number of hydrogen-bond acceptors (Lipinski definition) is 2. The molecule has 0 saturated carbocycles. The van der Waals surface area contributed by atoms with Crippen molar-refractivity contribution in [2.45, 2.75) is 25.4 Å². The van der Waals surface area contributed by atoms with E-state index in [-0.39, 0.29) is 17.5 Å². The minimum atomic E-state index is -0.368. The van der Waals surface area contributed by atoms with Crippen molar-refractivity contribution in [3.05, 3.63) is 42.0 Å². The Bertz CT molecular complexity index is 401. The first-order valence-corrected chi connectivity index (χ1v) is 5.00. The van der Waals surface area contributed by atoms with Gasteiger partial charge in [0.05, 0.1) is 0 Å². The minimum Gasteiger partial charge on any atom is -0.458 e. The molecule has 0 aromatic heterocycles. The van der Waals surface area contributed by atoms with Crippen LogP contribution in [0, 0.1) is 0 Å². The third-order valence-corrected chi connectivity index (χ3v) is 2.80. The van der Waals surface area contributed by atoms with Gasteiger partial charge in [-0.05, 0) is 25.0 Å². The monoisotopic (exact) mass is 202 g/mol. The number of ether oxygens (including phenoxy) is 1. The summed E-state index contributed by atoms with van der Waals surface area (Å²) in [5, 5.41) is 0. The van der Waals surface area contributed by atoms with Crippen LogP contribution in [0.4, 0.5) is 0 Å². The molecule has 1 saturated heterocycles. The molecule has 2 rings (SSSR count). The maximum Gasteiger partial charge on any atom is 0.318 e. The molecule has 0 aliphatic carbocycles. The standard InChI is InChI=1S/C13H14O2/c1-4-9-5-7-10(8-6-9)11-12(14)15-13(11,2)3/h4-8,11H,1H2,2-3H3. The fraction of sp³-hybridized carbons (Fsp3) is 0.308. The molecule has 0 spiro atoms. The molecular formula is C13H14O2. The molecule has 1 aromatic carbocycles. The molecule has 1 atom stereocenters. The smallest absolute Gasteiger partial charge is 0.318 e. The summed E-state index contributed by atoms with van der Waals surface area (Å²) in [6.45, 7) is 7.55. The maximum atomic E-state index is 11.4. The van der Waals surface area contributed by atoms with Gasteiger partial charge in [-0.25, -0.2) is 0 Å². The van der Waals surface area contributed by atoms with Gasteiger partial charge in [0.2, 0.25) is 0 Å². The highest BCUT2D eigenvalue weighted by molar-refractivity contribution is 5.85. The van der Waals surface area contributed by atoms with Gasteiger partial charge in [0.1, 0.15) is 11.5 Å². The highest BCUT2D eigenvalue weighted by atomic mass is 16.6. The average molecular weight is 202 g/mol. The number of carbonyl (C=O) groups excluding carboxylic acids is 1. The average Bonchev–Trinajstić information content (AvgIpc) is 2.17. The fourth-order valence-electron chi connectivity index (χ4n) is 1.96. The lowest BCUT2D eigenvalue weighted by Gasteiger charge is -2.42. The predicted molar refractivity (Wildman–Crippen MR) is 59.4 cm³/mol. The Morgan fingerprint density at radius 1 is 1.33 bits per heavy atom. The summed E-state index contributed by atoms with van der Waals surface area (Å²) in [4.78, 5) is 11.4. The van der Waals surface area contributed by atoms with E-state index in [2.05, 4.69) is 6.58 Å². The molecule has 2 nitrogen and oxygen atoms in total. The number of benzene rings is 1. The van der Waals surface area contributed by atoms with Crippen LogP contribution < -0.4 is 0 Å². The summed E-state index contributed by atoms with van der Waals surface area (Å²) < 4.78 is 5.09. The number of carbonyl (C=O) groups is 1. The highest BCUT2D eigenvalue weighted by Gasteiger charge is 2.50.